The maximum atomic E-state index is 12.8. The van der Waals surface area contributed by atoms with Gasteiger partial charge < -0.3 is 4.74 Å². The SMILES string of the molecule is COc1cc([N+](=O)[O-])ccc1N1C(=O)[C@@H]2[C@H](C1=O)[C@H]1C=C[C@H]2C1. The first kappa shape index (κ1) is 13.9. The molecule has 2 fully saturated rings. The Morgan fingerprint density at radius 3 is 2.30 bits per heavy atom. The van der Waals surface area contributed by atoms with Crippen LogP contribution < -0.4 is 9.64 Å². The van der Waals surface area contributed by atoms with E-state index in [0.717, 1.165) is 11.3 Å². The van der Waals surface area contributed by atoms with E-state index in [1.807, 2.05) is 12.2 Å². The van der Waals surface area contributed by atoms with Gasteiger partial charge in [0.05, 0.1) is 35.6 Å². The van der Waals surface area contributed by atoms with Crippen molar-refractivity contribution in [2.45, 2.75) is 6.42 Å². The maximum absolute atomic E-state index is 12.8. The average molecular weight is 314 g/mol. The Labute approximate surface area is 131 Å². The van der Waals surface area contributed by atoms with Crippen LogP contribution in [0.3, 0.4) is 0 Å². The number of allylic oxidation sites excluding steroid dienone is 2. The molecular weight excluding hydrogens is 300 g/mol. The molecule has 1 saturated heterocycles. The third kappa shape index (κ3) is 1.76. The van der Waals surface area contributed by atoms with Crippen LogP contribution in [0, 0.1) is 33.8 Å². The summed E-state index contributed by atoms with van der Waals surface area (Å²) in [5.74, 6) is -0.685. The summed E-state index contributed by atoms with van der Waals surface area (Å²) in [6.07, 6.45) is 4.90. The molecule has 0 spiro atoms. The lowest BCUT2D eigenvalue weighted by atomic mass is 9.85. The summed E-state index contributed by atoms with van der Waals surface area (Å²) in [6, 6.07) is 3.92. The first-order valence-corrected chi connectivity index (χ1v) is 7.41. The average Bonchev–Trinajstić information content (AvgIpc) is 3.21. The predicted molar refractivity (Wildman–Crippen MR) is 79.9 cm³/mol. The normalized spacial score (nSPS) is 30.9. The van der Waals surface area contributed by atoms with Crippen molar-refractivity contribution in [3.05, 3.63) is 40.5 Å². The second kappa shape index (κ2) is 4.65. The van der Waals surface area contributed by atoms with Gasteiger partial charge in [0.2, 0.25) is 11.8 Å². The van der Waals surface area contributed by atoms with Gasteiger partial charge >= 0.3 is 0 Å². The zero-order valence-corrected chi connectivity index (χ0v) is 12.3. The van der Waals surface area contributed by atoms with Crippen LogP contribution in [-0.2, 0) is 9.59 Å². The number of nitro benzene ring substituents is 1. The molecule has 1 aromatic rings. The van der Waals surface area contributed by atoms with E-state index < -0.39 is 4.92 Å². The Morgan fingerprint density at radius 2 is 1.78 bits per heavy atom. The highest BCUT2D eigenvalue weighted by atomic mass is 16.6. The number of rotatable bonds is 3. The number of carbonyl (C=O) groups is 2. The minimum Gasteiger partial charge on any atom is -0.494 e. The fourth-order valence-electron chi connectivity index (χ4n) is 4.10. The molecule has 7 heteroatoms. The lowest BCUT2D eigenvalue weighted by molar-refractivity contribution is -0.384. The van der Waals surface area contributed by atoms with Crippen LogP contribution in [0.25, 0.3) is 0 Å². The number of imide groups is 1. The van der Waals surface area contributed by atoms with E-state index >= 15 is 0 Å². The van der Waals surface area contributed by atoms with Gasteiger partial charge in [-0.3, -0.25) is 19.7 Å². The molecule has 0 unspecified atom stereocenters. The van der Waals surface area contributed by atoms with Crippen molar-refractivity contribution < 1.29 is 19.2 Å². The molecule has 2 bridgehead atoms. The van der Waals surface area contributed by atoms with Crippen molar-refractivity contribution in [1.29, 1.82) is 0 Å². The molecule has 1 aliphatic heterocycles. The first-order chi connectivity index (χ1) is 11.0. The maximum Gasteiger partial charge on any atom is 0.273 e. The molecule has 118 valence electrons. The van der Waals surface area contributed by atoms with Crippen LogP contribution in [0.2, 0.25) is 0 Å². The monoisotopic (exact) mass is 314 g/mol. The number of non-ortho nitro benzene ring substituents is 1. The number of hydrogen-bond acceptors (Lipinski definition) is 5. The molecule has 1 heterocycles. The van der Waals surface area contributed by atoms with E-state index in [2.05, 4.69) is 0 Å². The van der Waals surface area contributed by atoms with Crippen molar-refractivity contribution in [1.82, 2.24) is 0 Å². The van der Waals surface area contributed by atoms with Gasteiger partial charge in [-0.05, 0) is 24.3 Å². The number of nitro groups is 1. The molecule has 4 atom stereocenters. The van der Waals surface area contributed by atoms with Crippen molar-refractivity contribution >= 4 is 23.2 Å². The van der Waals surface area contributed by atoms with E-state index in [9.17, 15) is 19.7 Å². The predicted octanol–water partition coefficient (Wildman–Crippen LogP) is 1.91. The summed E-state index contributed by atoms with van der Waals surface area (Å²) in [4.78, 5) is 37.0. The molecule has 7 nitrogen and oxygen atoms in total. The van der Waals surface area contributed by atoms with Gasteiger partial charge in [-0.2, -0.15) is 0 Å². The standard InChI is InChI=1S/C16H14N2O5/c1-23-12-7-10(18(21)22)4-5-11(12)17-15(19)13-8-2-3-9(6-8)14(13)16(17)20/h2-5,7-9,13-14H,6H2,1H3/t8-,9-,13-,14+/m0/s1. The van der Waals surface area contributed by atoms with Gasteiger partial charge in [0.25, 0.3) is 5.69 Å². The molecule has 0 radical (unpaired) electrons. The number of hydrogen-bond donors (Lipinski definition) is 0. The van der Waals surface area contributed by atoms with E-state index in [0.29, 0.717) is 0 Å². The van der Waals surface area contributed by atoms with E-state index in [1.54, 1.807) is 0 Å². The highest BCUT2D eigenvalue weighted by Gasteiger charge is 2.59. The highest BCUT2D eigenvalue weighted by Crippen LogP contribution is 2.54. The number of ether oxygens (including phenoxy) is 1. The molecule has 3 aliphatic rings. The molecule has 1 aromatic carbocycles. The van der Waals surface area contributed by atoms with E-state index in [4.69, 9.17) is 4.74 Å². The summed E-state index contributed by atoms with van der Waals surface area (Å²) in [6.45, 7) is 0. The van der Waals surface area contributed by atoms with Gasteiger partial charge in [-0.25, -0.2) is 4.90 Å². The quantitative estimate of drug-likeness (QED) is 0.368. The molecule has 23 heavy (non-hydrogen) atoms. The third-order valence-corrected chi connectivity index (χ3v) is 5.09. The largest absolute Gasteiger partial charge is 0.494 e. The number of methoxy groups -OCH3 is 1. The molecule has 2 aliphatic carbocycles. The number of benzene rings is 1. The molecule has 1 saturated carbocycles. The van der Waals surface area contributed by atoms with Crippen molar-refractivity contribution in [2.24, 2.45) is 23.7 Å². The number of amides is 2. The number of fused-ring (bicyclic) bond motifs is 5. The van der Waals surface area contributed by atoms with Gasteiger partial charge in [-0.15, -0.1) is 0 Å². The van der Waals surface area contributed by atoms with Gasteiger partial charge in [0, 0.05) is 6.07 Å². The fraction of sp³-hybridized carbons (Fsp3) is 0.375. The van der Waals surface area contributed by atoms with Crippen molar-refractivity contribution in [3.63, 3.8) is 0 Å². The molecule has 2 amide bonds. The van der Waals surface area contributed by atoms with Crippen molar-refractivity contribution in [2.75, 3.05) is 12.0 Å². The minimum absolute atomic E-state index is 0.121. The molecule has 4 rings (SSSR count). The van der Waals surface area contributed by atoms with Gasteiger partial charge in [-0.1, -0.05) is 12.2 Å². The lowest BCUT2D eigenvalue weighted by Gasteiger charge is -2.19. The highest BCUT2D eigenvalue weighted by molar-refractivity contribution is 6.23. The topological polar surface area (TPSA) is 89.8 Å². The minimum atomic E-state index is -0.543. The van der Waals surface area contributed by atoms with E-state index in [1.165, 1.54) is 25.3 Å². The van der Waals surface area contributed by atoms with Gasteiger partial charge in [0.15, 0.2) is 0 Å². The van der Waals surface area contributed by atoms with Crippen LogP contribution >= 0.6 is 0 Å². The second-order valence-electron chi connectivity index (χ2n) is 6.13. The fourth-order valence-corrected chi connectivity index (χ4v) is 4.10. The van der Waals surface area contributed by atoms with Crippen LogP contribution in [0.1, 0.15) is 6.42 Å². The summed E-state index contributed by atoms with van der Waals surface area (Å²) in [5.41, 5.74) is 0.133. The Balaban J connectivity index is 1.76. The number of carbonyl (C=O) groups excluding carboxylic acids is 2. The number of anilines is 1. The Hall–Kier alpha value is -2.70. The summed E-state index contributed by atoms with van der Waals surface area (Å²) >= 11 is 0. The van der Waals surface area contributed by atoms with E-state index in [-0.39, 0.29) is 52.6 Å². The van der Waals surface area contributed by atoms with Crippen molar-refractivity contribution in [3.8, 4) is 5.75 Å². The van der Waals surface area contributed by atoms with Crippen LogP contribution in [0.5, 0.6) is 5.75 Å². The molecule has 0 aromatic heterocycles. The summed E-state index contributed by atoms with van der Waals surface area (Å²) in [7, 11) is 1.36. The lowest BCUT2D eigenvalue weighted by Crippen LogP contribution is -2.33. The Bertz CT molecular complexity index is 742. The molecular formula is C16H14N2O5. The Kier molecular flexibility index (Phi) is 2.81. The second-order valence-corrected chi connectivity index (χ2v) is 6.13. The zero-order chi connectivity index (χ0) is 16.3. The zero-order valence-electron chi connectivity index (χ0n) is 12.3. The third-order valence-electron chi connectivity index (χ3n) is 5.09. The summed E-state index contributed by atoms with van der Waals surface area (Å²) < 4.78 is 5.17. The van der Waals surface area contributed by atoms with Crippen LogP contribution in [0.4, 0.5) is 11.4 Å². The van der Waals surface area contributed by atoms with Gasteiger partial charge in [0.1, 0.15) is 5.75 Å². The van der Waals surface area contributed by atoms with Crippen LogP contribution in [0.15, 0.2) is 30.4 Å². The smallest absolute Gasteiger partial charge is 0.273 e. The van der Waals surface area contributed by atoms with Crippen LogP contribution in [-0.4, -0.2) is 23.8 Å². The molecule has 0 N–H and O–H groups in total. The Morgan fingerprint density at radius 1 is 1.17 bits per heavy atom. The summed E-state index contributed by atoms with van der Waals surface area (Å²) in [5, 5.41) is 10.9. The first-order valence-electron chi connectivity index (χ1n) is 7.41. The number of nitrogens with zero attached hydrogens (tertiary/aromatic N) is 2.